The molecule has 0 spiro atoms. The van der Waals surface area contributed by atoms with Gasteiger partial charge in [0.05, 0.1) is 19.8 Å². The minimum atomic E-state index is -4.63. The highest BCUT2D eigenvalue weighted by Crippen LogP contribution is 2.43. The van der Waals surface area contributed by atoms with Gasteiger partial charge >= 0.3 is 19.8 Å². The molecular weight excluding hydrogens is 767 g/mol. The van der Waals surface area contributed by atoms with Crippen LogP contribution in [-0.2, 0) is 32.7 Å². The standard InChI is InChI=1S/C48H87O10P/c1-3-5-7-9-11-13-15-17-18-19-20-21-22-23-24-25-26-28-29-31-33-35-37-39-47(51)55-43-46(44-57-59(53,54)56-42-45(50)41-49)58-48(52)40-38-36-34-32-30-27-16-14-12-10-8-6-4-2/h6,8,10,12,14,16,23-24,45-46,49-50H,3-5,7,9,11,13,15,17-22,25-44H2,1-2H3,(H,53,54)/b8-6+,12-10+,16-14+,24-23+/t45-,46?/m1/s1. The maximum Gasteiger partial charge on any atom is 0.472 e. The third kappa shape index (κ3) is 43.8. The van der Waals surface area contributed by atoms with Gasteiger partial charge in [0.25, 0.3) is 0 Å². The zero-order valence-corrected chi connectivity index (χ0v) is 38.4. The van der Waals surface area contributed by atoms with Gasteiger partial charge in [-0.05, 0) is 57.8 Å². The summed E-state index contributed by atoms with van der Waals surface area (Å²) >= 11 is 0. The lowest BCUT2D eigenvalue weighted by molar-refractivity contribution is -0.161. The Balaban J connectivity index is 4.17. The zero-order chi connectivity index (χ0) is 43.3. The third-order valence-electron chi connectivity index (χ3n) is 10.0. The first-order valence-corrected chi connectivity index (χ1v) is 25.1. The molecule has 344 valence electrons. The van der Waals surface area contributed by atoms with Crippen molar-refractivity contribution in [3.63, 3.8) is 0 Å². The Kier molecular flexibility index (Phi) is 42.5. The van der Waals surface area contributed by atoms with E-state index >= 15 is 0 Å². The molecule has 3 N–H and O–H groups in total. The normalized spacial score (nSPS) is 14.2. The number of carbonyl (C=O) groups excluding carboxylic acids is 2. The summed E-state index contributed by atoms with van der Waals surface area (Å²) in [5.41, 5.74) is 0. The number of carbonyl (C=O) groups is 2. The van der Waals surface area contributed by atoms with Crippen LogP contribution in [-0.4, -0.2) is 65.7 Å². The lowest BCUT2D eigenvalue weighted by atomic mass is 10.0. The summed E-state index contributed by atoms with van der Waals surface area (Å²) in [4.78, 5) is 35.0. The molecule has 11 heteroatoms. The van der Waals surface area contributed by atoms with Gasteiger partial charge in [-0.1, -0.05) is 184 Å². The smallest absolute Gasteiger partial charge is 0.462 e. The number of hydrogen-bond donors (Lipinski definition) is 3. The average molecular weight is 855 g/mol. The van der Waals surface area contributed by atoms with E-state index in [2.05, 4.69) is 44.2 Å². The molecule has 0 aromatic rings. The Morgan fingerprint density at radius 3 is 1.44 bits per heavy atom. The molecule has 0 rings (SSSR count). The molecule has 10 nitrogen and oxygen atoms in total. The molecule has 0 bridgehead atoms. The Morgan fingerprint density at radius 2 is 0.949 bits per heavy atom. The van der Waals surface area contributed by atoms with Crippen LogP contribution < -0.4 is 0 Å². The van der Waals surface area contributed by atoms with E-state index in [1.165, 1.54) is 103 Å². The summed E-state index contributed by atoms with van der Waals surface area (Å²) < 4.78 is 32.7. The number of rotatable bonds is 44. The van der Waals surface area contributed by atoms with E-state index in [9.17, 15) is 24.2 Å². The molecule has 0 aliphatic carbocycles. The molecule has 2 unspecified atom stereocenters. The molecule has 0 saturated carbocycles. The number of hydrogen-bond acceptors (Lipinski definition) is 9. The zero-order valence-electron chi connectivity index (χ0n) is 37.5. The van der Waals surface area contributed by atoms with Gasteiger partial charge in [0.1, 0.15) is 12.7 Å². The highest BCUT2D eigenvalue weighted by Gasteiger charge is 2.27. The second-order valence-electron chi connectivity index (χ2n) is 15.8. The van der Waals surface area contributed by atoms with E-state index in [-0.39, 0.29) is 19.4 Å². The largest absolute Gasteiger partial charge is 0.472 e. The molecule has 59 heavy (non-hydrogen) atoms. The Hall–Kier alpha value is -2.07. The Labute approximate surface area is 360 Å². The highest BCUT2D eigenvalue weighted by molar-refractivity contribution is 7.47. The van der Waals surface area contributed by atoms with Crippen LogP contribution in [0, 0.1) is 0 Å². The fourth-order valence-electron chi connectivity index (χ4n) is 6.40. The summed E-state index contributed by atoms with van der Waals surface area (Å²) in [5, 5.41) is 18.3. The lowest BCUT2D eigenvalue weighted by Gasteiger charge is -2.20. The van der Waals surface area contributed by atoms with Gasteiger partial charge < -0.3 is 24.6 Å². The molecule has 0 aromatic heterocycles. The third-order valence-corrected chi connectivity index (χ3v) is 11.0. The van der Waals surface area contributed by atoms with E-state index in [1.807, 2.05) is 18.2 Å². The number of aliphatic hydroxyl groups excluding tert-OH is 2. The van der Waals surface area contributed by atoms with Gasteiger partial charge in [0.15, 0.2) is 6.10 Å². The van der Waals surface area contributed by atoms with Crippen LogP contribution in [0.5, 0.6) is 0 Å². The van der Waals surface area contributed by atoms with Crippen molar-refractivity contribution in [1.29, 1.82) is 0 Å². The van der Waals surface area contributed by atoms with Crippen LogP contribution in [0.2, 0.25) is 0 Å². The van der Waals surface area contributed by atoms with Gasteiger partial charge in [0, 0.05) is 12.8 Å². The number of aliphatic hydroxyl groups is 2. The summed E-state index contributed by atoms with van der Waals surface area (Å²) in [6.45, 7) is 2.23. The van der Waals surface area contributed by atoms with Crippen molar-refractivity contribution in [2.45, 2.75) is 219 Å². The monoisotopic (exact) mass is 855 g/mol. The van der Waals surface area contributed by atoms with Crippen molar-refractivity contribution < 1.29 is 47.8 Å². The predicted molar refractivity (Wildman–Crippen MR) is 242 cm³/mol. The predicted octanol–water partition coefficient (Wildman–Crippen LogP) is 12.9. The first-order valence-electron chi connectivity index (χ1n) is 23.6. The fourth-order valence-corrected chi connectivity index (χ4v) is 7.19. The van der Waals surface area contributed by atoms with Gasteiger partial charge in [-0.25, -0.2) is 4.57 Å². The van der Waals surface area contributed by atoms with Gasteiger partial charge in [0.2, 0.25) is 0 Å². The van der Waals surface area contributed by atoms with Crippen molar-refractivity contribution in [3.05, 3.63) is 48.6 Å². The van der Waals surface area contributed by atoms with E-state index in [1.54, 1.807) is 0 Å². The van der Waals surface area contributed by atoms with Crippen LogP contribution in [0.15, 0.2) is 48.6 Å². The van der Waals surface area contributed by atoms with E-state index in [0.29, 0.717) is 12.8 Å². The summed E-state index contributed by atoms with van der Waals surface area (Å²) in [5.74, 6) is -0.952. The lowest BCUT2D eigenvalue weighted by Crippen LogP contribution is -2.29. The SMILES string of the molecule is CC/C=C/C=C/C=C/CCCCCCCC(=O)OC(COC(=O)CCCCCCCCC/C=C/CCCCCCCCCCCCCC)COP(=O)(O)OC[C@H](O)CO. The van der Waals surface area contributed by atoms with Gasteiger partial charge in [-0.3, -0.25) is 18.6 Å². The van der Waals surface area contributed by atoms with E-state index in [0.717, 1.165) is 64.2 Å². The first-order chi connectivity index (χ1) is 28.7. The quantitative estimate of drug-likeness (QED) is 0.0178. The number of esters is 2. The Morgan fingerprint density at radius 1 is 0.525 bits per heavy atom. The maximum absolute atomic E-state index is 12.6. The minimum absolute atomic E-state index is 0.159. The second kappa shape index (κ2) is 44.0. The number of phosphoric ester groups is 1. The van der Waals surface area contributed by atoms with E-state index < -0.39 is 51.8 Å². The van der Waals surface area contributed by atoms with Crippen LogP contribution >= 0.6 is 7.82 Å². The highest BCUT2D eigenvalue weighted by atomic mass is 31.2. The van der Waals surface area contributed by atoms with Crippen LogP contribution in [0.25, 0.3) is 0 Å². The van der Waals surface area contributed by atoms with Gasteiger partial charge in [-0.2, -0.15) is 0 Å². The van der Waals surface area contributed by atoms with Crippen molar-refractivity contribution in [3.8, 4) is 0 Å². The number of allylic oxidation sites excluding steroid dienone is 8. The molecule has 0 amide bonds. The summed E-state index contributed by atoms with van der Waals surface area (Å²) in [6, 6.07) is 0. The molecule has 0 saturated heterocycles. The molecule has 0 fully saturated rings. The topological polar surface area (TPSA) is 149 Å². The molecular formula is C48H87O10P. The molecule has 0 aromatic carbocycles. The first kappa shape index (κ1) is 56.9. The fraction of sp³-hybridized carbons (Fsp3) is 0.792. The molecule has 3 atom stereocenters. The van der Waals surface area contributed by atoms with Crippen LogP contribution in [0.3, 0.4) is 0 Å². The maximum atomic E-state index is 12.6. The van der Waals surface area contributed by atoms with Gasteiger partial charge in [-0.15, -0.1) is 0 Å². The average Bonchev–Trinajstić information content (AvgIpc) is 3.22. The summed E-state index contributed by atoms with van der Waals surface area (Å²) in [7, 11) is -4.63. The van der Waals surface area contributed by atoms with Crippen molar-refractivity contribution >= 4 is 19.8 Å². The molecule has 0 aliphatic rings. The molecule has 0 aliphatic heterocycles. The minimum Gasteiger partial charge on any atom is -0.462 e. The second-order valence-corrected chi connectivity index (χ2v) is 17.3. The van der Waals surface area contributed by atoms with Crippen LogP contribution in [0.4, 0.5) is 0 Å². The van der Waals surface area contributed by atoms with Crippen LogP contribution in [0.1, 0.15) is 206 Å². The van der Waals surface area contributed by atoms with E-state index in [4.69, 9.17) is 23.6 Å². The van der Waals surface area contributed by atoms with Crippen molar-refractivity contribution in [2.24, 2.45) is 0 Å². The molecule has 0 radical (unpaired) electrons. The summed E-state index contributed by atoms with van der Waals surface area (Å²) in [6.07, 6.45) is 48.1. The van der Waals surface area contributed by atoms with Crippen molar-refractivity contribution in [2.75, 3.05) is 26.4 Å². The van der Waals surface area contributed by atoms with Crippen molar-refractivity contribution in [1.82, 2.24) is 0 Å². The molecule has 0 heterocycles. The number of ether oxygens (including phenoxy) is 2. The number of phosphoric acid groups is 1. The number of unbranched alkanes of at least 4 members (excludes halogenated alkanes) is 24. The Bertz CT molecular complexity index is 1120.